The van der Waals surface area contributed by atoms with Crippen LogP contribution in [0.1, 0.15) is 39.5 Å². The number of piperidine rings is 1. The molecule has 0 radical (unpaired) electrons. The molecule has 0 bridgehead atoms. The summed E-state index contributed by atoms with van der Waals surface area (Å²) in [6.07, 6.45) is 3.79. The molecule has 1 saturated heterocycles. The second kappa shape index (κ2) is 7.67. The summed E-state index contributed by atoms with van der Waals surface area (Å²) < 4.78 is 0. The summed E-state index contributed by atoms with van der Waals surface area (Å²) in [7, 11) is 0. The first-order valence-electron chi connectivity index (χ1n) is 6.78. The molecule has 0 aliphatic carbocycles. The van der Waals surface area contributed by atoms with Crippen molar-refractivity contribution in [2.75, 3.05) is 19.7 Å². The Hall–Kier alpha value is -0.610. The SMILES string of the molecule is CCC(CO)NC(=O)CC(C)C1CCCNC1. The van der Waals surface area contributed by atoms with Gasteiger partial charge in [-0.3, -0.25) is 4.79 Å². The molecule has 1 heterocycles. The van der Waals surface area contributed by atoms with Crippen LogP contribution in [0.5, 0.6) is 0 Å². The molecule has 0 saturated carbocycles. The van der Waals surface area contributed by atoms with Crippen molar-refractivity contribution < 1.29 is 9.90 Å². The molecule has 0 aromatic carbocycles. The molecule has 1 amide bonds. The van der Waals surface area contributed by atoms with Crippen LogP contribution in [0.3, 0.4) is 0 Å². The van der Waals surface area contributed by atoms with Gasteiger partial charge in [-0.2, -0.15) is 0 Å². The van der Waals surface area contributed by atoms with Crippen molar-refractivity contribution in [1.29, 1.82) is 0 Å². The molecule has 4 nitrogen and oxygen atoms in total. The number of amides is 1. The molecule has 4 heteroatoms. The van der Waals surface area contributed by atoms with E-state index in [2.05, 4.69) is 17.6 Å². The molecule has 0 aromatic rings. The van der Waals surface area contributed by atoms with Crippen molar-refractivity contribution in [3.63, 3.8) is 0 Å². The maximum atomic E-state index is 11.8. The van der Waals surface area contributed by atoms with Gasteiger partial charge < -0.3 is 15.7 Å². The second-order valence-corrected chi connectivity index (χ2v) is 5.14. The highest BCUT2D eigenvalue weighted by Crippen LogP contribution is 2.22. The highest BCUT2D eigenvalue weighted by Gasteiger charge is 2.22. The maximum absolute atomic E-state index is 11.8. The number of hydrogen-bond donors (Lipinski definition) is 3. The maximum Gasteiger partial charge on any atom is 0.220 e. The number of nitrogens with one attached hydrogen (secondary N) is 2. The third kappa shape index (κ3) is 5.04. The predicted molar refractivity (Wildman–Crippen MR) is 68.7 cm³/mol. The summed E-state index contributed by atoms with van der Waals surface area (Å²) >= 11 is 0. The average molecular weight is 242 g/mol. The molecule has 0 aromatic heterocycles. The summed E-state index contributed by atoms with van der Waals surface area (Å²) in [5.74, 6) is 1.10. The Morgan fingerprint density at radius 3 is 2.88 bits per heavy atom. The molecule has 1 fully saturated rings. The predicted octanol–water partition coefficient (Wildman–Crippen LogP) is 0.899. The molecule has 1 aliphatic rings. The van der Waals surface area contributed by atoms with Gasteiger partial charge in [0.1, 0.15) is 0 Å². The molecular formula is C13H26N2O2. The van der Waals surface area contributed by atoms with E-state index in [4.69, 9.17) is 5.11 Å². The molecule has 1 rings (SSSR count). The lowest BCUT2D eigenvalue weighted by Gasteiger charge is -2.28. The van der Waals surface area contributed by atoms with E-state index in [1.165, 1.54) is 12.8 Å². The molecule has 3 atom stereocenters. The van der Waals surface area contributed by atoms with E-state index < -0.39 is 0 Å². The van der Waals surface area contributed by atoms with Gasteiger partial charge in [0, 0.05) is 6.42 Å². The zero-order chi connectivity index (χ0) is 12.7. The van der Waals surface area contributed by atoms with Crippen molar-refractivity contribution in [3.8, 4) is 0 Å². The van der Waals surface area contributed by atoms with Gasteiger partial charge in [0.2, 0.25) is 5.91 Å². The minimum Gasteiger partial charge on any atom is -0.394 e. The van der Waals surface area contributed by atoms with Crippen LogP contribution in [-0.2, 0) is 4.79 Å². The van der Waals surface area contributed by atoms with E-state index in [0.29, 0.717) is 18.3 Å². The Labute approximate surface area is 104 Å². The molecule has 17 heavy (non-hydrogen) atoms. The van der Waals surface area contributed by atoms with Crippen molar-refractivity contribution in [2.24, 2.45) is 11.8 Å². The minimum atomic E-state index is -0.0841. The van der Waals surface area contributed by atoms with Crippen molar-refractivity contribution in [2.45, 2.75) is 45.6 Å². The van der Waals surface area contributed by atoms with E-state index in [0.717, 1.165) is 19.5 Å². The number of hydrogen-bond acceptors (Lipinski definition) is 3. The average Bonchev–Trinajstić information content (AvgIpc) is 2.37. The minimum absolute atomic E-state index is 0.0294. The zero-order valence-corrected chi connectivity index (χ0v) is 11.0. The zero-order valence-electron chi connectivity index (χ0n) is 11.0. The van der Waals surface area contributed by atoms with Gasteiger partial charge in [0.05, 0.1) is 12.6 Å². The Morgan fingerprint density at radius 2 is 2.35 bits per heavy atom. The monoisotopic (exact) mass is 242 g/mol. The lowest BCUT2D eigenvalue weighted by atomic mass is 9.85. The van der Waals surface area contributed by atoms with E-state index in [1.807, 2.05) is 6.92 Å². The molecule has 3 N–H and O–H groups in total. The van der Waals surface area contributed by atoms with E-state index >= 15 is 0 Å². The van der Waals surface area contributed by atoms with Crippen molar-refractivity contribution >= 4 is 5.91 Å². The van der Waals surface area contributed by atoms with Crippen LogP contribution in [0.15, 0.2) is 0 Å². The molecule has 0 spiro atoms. The number of aliphatic hydroxyl groups excluding tert-OH is 1. The van der Waals surface area contributed by atoms with Gasteiger partial charge >= 0.3 is 0 Å². The van der Waals surface area contributed by atoms with Gasteiger partial charge in [0.25, 0.3) is 0 Å². The third-order valence-corrected chi connectivity index (χ3v) is 3.73. The lowest BCUT2D eigenvalue weighted by molar-refractivity contribution is -0.123. The fourth-order valence-electron chi connectivity index (χ4n) is 2.39. The van der Waals surface area contributed by atoms with E-state index in [1.54, 1.807) is 0 Å². The topological polar surface area (TPSA) is 61.4 Å². The largest absolute Gasteiger partial charge is 0.394 e. The number of rotatable bonds is 6. The summed E-state index contributed by atoms with van der Waals surface area (Å²) in [5.41, 5.74) is 0. The summed E-state index contributed by atoms with van der Waals surface area (Å²) in [6.45, 7) is 6.29. The van der Waals surface area contributed by atoms with Crippen LogP contribution >= 0.6 is 0 Å². The summed E-state index contributed by atoms with van der Waals surface area (Å²) in [4.78, 5) is 11.8. The van der Waals surface area contributed by atoms with Gasteiger partial charge in [-0.25, -0.2) is 0 Å². The summed E-state index contributed by atoms with van der Waals surface area (Å²) in [6, 6.07) is -0.0841. The molecule has 1 aliphatic heterocycles. The fraction of sp³-hybridized carbons (Fsp3) is 0.923. The standard InChI is InChI=1S/C13H26N2O2/c1-3-12(9-16)15-13(17)7-10(2)11-5-4-6-14-8-11/h10-12,14,16H,3-9H2,1-2H3,(H,15,17). The van der Waals surface area contributed by atoms with Crippen LogP contribution in [0.4, 0.5) is 0 Å². The fourth-order valence-corrected chi connectivity index (χ4v) is 2.39. The molecule has 3 unspecified atom stereocenters. The van der Waals surface area contributed by atoms with Crippen LogP contribution in [0.2, 0.25) is 0 Å². The number of carbonyl (C=O) groups excluding carboxylic acids is 1. The Morgan fingerprint density at radius 1 is 1.59 bits per heavy atom. The van der Waals surface area contributed by atoms with Gasteiger partial charge in [-0.1, -0.05) is 13.8 Å². The first kappa shape index (κ1) is 14.5. The summed E-state index contributed by atoms with van der Waals surface area (Å²) in [5, 5.41) is 15.3. The van der Waals surface area contributed by atoms with Crippen molar-refractivity contribution in [1.82, 2.24) is 10.6 Å². The molecule has 100 valence electrons. The van der Waals surface area contributed by atoms with Gasteiger partial charge in [0.15, 0.2) is 0 Å². The van der Waals surface area contributed by atoms with Crippen LogP contribution in [0.25, 0.3) is 0 Å². The van der Waals surface area contributed by atoms with Crippen molar-refractivity contribution in [3.05, 3.63) is 0 Å². The normalized spacial score (nSPS) is 24.1. The van der Waals surface area contributed by atoms with Crippen LogP contribution in [0, 0.1) is 11.8 Å². The highest BCUT2D eigenvalue weighted by atomic mass is 16.3. The molecular weight excluding hydrogens is 216 g/mol. The lowest BCUT2D eigenvalue weighted by Crippen LogP contribution is -2.39. The Bertz CT molecular complexity index is 223. The quantitative estimate of drug-likeness (QED) is 0.648. The Balaban J connectivity index is 2.29. The third-order valence-electron chi connectivity index (χ3n) is 3.73. The van der Waals surface area contributed by atoms with E-state index in [9.17, 15) is 4.79 Å². The smallest absolute Gasteiger partial charge is 0.220 e. The Kier molecular flexibility index (Phi) is 6.52. The number of carbonyl (C=O) groups is 1. The second-order valence-electron chi connectivity index (χ2n) is 5.14. The van der Waals surface area contributed by atoms with Crippen LogP contribution < -0.4 is 10.6 Å². The van der Waals surface area contributed by atoms with Crippen LogP contribution in [-0.4, -0.2) is 36.8 Å². The first-order chi connectivity index (χ1) is 8.17. The van der Waals surface area contributed by atoms with E-state index in [-0.39, 0.29) is 18.6 Å². The van der Waals surface area contributed by atoms with Gasteiger partial charge in [-0.05, 0) is 44.2 Å². The number of aliphatic hydroxyl groups is 1. The first-order valence-corrected chi connectivity index (χ1v) is 6.78. The highest BCUT2D eigenvalue weighted by molar-refractivity contribution is 5.76. The van der Waals surface area contributed by atoms with Gasteiger partial charge in [-0.15, -0.1) is 0 Å².